The molecule has 1 N–H and O–H groups in total. The van der Waals surface area contributed by atoms with Gasteiger partial charge in [0.15, 0.2) is 5.78 Å². The number of benzene rings is 2. The summed E-state index contributed by atoms with van der Waals surface area (Å²) in [5.74, 6) is 0.956. The fourth-order valence-electron chi connectivity index (χ4n) is 2.50. The average molecular weight is 411 g/mol. The van der Waals surface area contributed by atoms with Crippen LogP contribution in [0.5, 0.6) is 5.75 Å². The first kappa shape index (κ1) is 14.6. The normalized spacial score (nSPS) is 17.1. The van der Waals surface area contributed by atoms with Gasteiger partial charge in [-0.1, -0.05) is 28.1 Å². The molecule has 3 rings (SSSR count). The van der Waals surface area contributed by atoms with Gasteiger partial charge >= 0.3 is 0 Å². The number of carbonyl (C=O) groups excluding carboxylic acids is 1. The zero-order valence-electron chi connectivity index (χ0n) is 11.3. The molecule has 1 unspecified atom stereocenters. The van der Waals surface area contributed by atoms with Crippen LogP contribution in [0.4, 0.5) is 5.69 Å². The highest BCUT2D eigenvalue weighted by Gasteiger charge is 2.27. The number of hydrogen-bond acceptors (Lipinski definition) is 3. The number of anilines is 1. The molecule has 0 amide bonds. The van der Waals surface area contributed by atoms with E-state index in [1.54, 1.807) is 7.11 Å². The molecule has 1 atom stereocenters. The van der Waals surface area contributed by atoms with Crippen LogP contribution in [-0.2, 0) is 0 Å². The molecule has 21 heavy (non-hydrogen) atoms. The lowest BCUT2D eigenvalue weighted by atomic mass is 9.92. The molecule has 0 spiro atoms. The van der Waals surface area contributed by atoms with Crippen LogP contribution in [0.2, 0.25) is 0 Å². The lowest BCUT2D eigenvalue weighted by Gasteiger charge is -2.27. The first-order valence-corrected chi connectivity index (χ1v) is 8.10. The molecule has 2 aromatic rings. The van der Waals surface area contributed by atoms with Crippen molar-refractivity contribution < 1.29 is 9.53 Å². The quantitative estimate of drug-likeness (QED) is 0.760. The fraction of sp³-hybridized carbons (Fsp3) is 0.188. The van der Waals surface area contributed by atoms with Crippen molar-refractivity contribution in [1.82, 2.24) is 0 Å². The Hall–Kier alpha value is -1.33. The van der Waals surface area contributed by atoms with Crippen LogP contribution in [0.25, 0.3) is 0 Å². The van der Waals surface area contributed by atoms with Gasteiger partial charge in [-0.3, -0.25) is 4.79 Å². The Kier molecular flexibility index (Phi) is 4.04. The van der Waals surface area contributed by atoms with Gasteiger partial charge in [0.25, 0.3) is 0 Å². The van der Waals surface area contributed by atoms with Gasteiger partial charge < -0.3 is 10.1 Å². The first-order chi connectivity index (χ1) is 10.1. The first-order valence-electron chi connectivity index (χ1n) is 6.51. The van der Waals surface area contributed by atoms with Crippen LogP contribution in [0.3, 0.4) is 0 Å². The summed E-state index contributed by atoms with van der Waals surface area (Å²) in [5, 5.41) is 3.45. The van der Waals surface area contributed by atoms with E-state index in [9.17, 15) is 4.79 Å². The topological polar surface area (TPSA) is 38.3 Å². The Balaban J connectivity index is 1.95. The van der Waals surface area contributed by atoms with Gasteiger partial charge in [-0.25, -0.2) is 0 Å². The summed E-state index contributed by atoms with van der Waals surface area (Å²) in [7, 11) is 1.64. The molecule has 0 fully saturated rings. The average Bonchev–Trinajstić information content (AvgIpc) is 2.48. The Morgan fingerprint density at radius 3 is 2.57 bits per heavy atom. The molecule has 108 valence electrons. The molecule has 0 aliphatic carbocycles. The molecule has 1 aliphatic heterocycles. The van der Waals surface area contributed by atoms with E-state index in [1.165, 1.54) is 0 Å². The largest absolute Gasteiger partial charge is 0.497 e. The molecule has 0 radical (unpaired) electrons. The van der Waals surface area contributed by atoms with Crippen molar-refractivity contribution in [1.29, 1.82) is 0 Å². The maximum Gasteiger partial charge on any atom is 0.167 e. The number of ketones is 1. The number of halogens is 2. The van der Waals surface area contributed by atoms with Crippen molar-refractivity contribution in [2.75, 3.05) is 12.4 Å². The van der Waals surface area contributed by atoms with Gasteiger partial charge in [-0.15, -0.1) is 0 Å². The second-order valence-electron chi connectivity index (χ2n) is 4.91. The molecule has 1 heterocycles. The minimum atomic E-state index is -0.0200. The maximum atomic E-state index is 12.4. The van der Waals surface area contributed by atoms with Crippen LogP contribution >= 0.6 is 31.9 Å². The number of methoxy groups -OCH3 is 1. The summed E-state index contributed by atoms with van der Waals surface area (Å²) in [6.45, 7) is 0. The number of nitrogens with one attached hydrogen (secondary N) is 1. The summed E-state index contributed by atoms with van der Waals surface area (Å²) < 4.78 is 6.95. The van der Waals surface area contributed by atoms with Crippen LogP contribution in [-0.4, -0.2) is 12.9 Å². The smallest absolute Gasteiger partial charge is 0.167 e. The van der Waals surface area contributed by atoms with Crippen molar-refractivity contribution in [3.8, 4) is 5.75 Å². The van der Waals surface area contributed by atoms with Gasteiger partial charge in [0.2, 0.25) is 0 Å². The van der Waals surface area contributed by atoms with Gasteiger partial charge in [0.05, 0.1) is 18.8 Å². The van der Waals surface area contributed by atoms with Crippen molar-refractivity contribution in [2.24, 2.45) is 0 Å². The van der Waals surface area contributed by atoms with Crippen molar-refractivity contribution >= 4 is 43.3 Å². The summed E-state index contributed by atoms with van der Waals surface area (Å²) in [5.41, 5.74) is 2.65. The van der Waals surface area contributed by atoms with E-state index < -0.39 is 0 Å². The highest BCUT2D eigenvalue weighted by Crippen LogP contribution is 2.39. The van der Waals surface area contributed by atoms with Crippen LogP contribution in [0.1, 0.15) is 28.4 Å². The molecular formula is C16H13Br2NO2. The van der Waals surface area contributed by atoms with E-state index in [2.05, 4.69) is 37.2 Å². The molecule has 5 heteroatoms. The summed E-state index contributed by atoms with van der Waals surface area (Å²) in [4.78, 5) is 12.4. The van der Waals surface area contributed by atoms with Gasteiger partial charge in [-0.05, 0) is 45.8 Å². The predicted octanol–water partition coefficient (Wildman–Crippen LogP) is 4.96. The number of fused-ring (bicyclic) bond motifs is 1. The van der Waals surface area contributed by atoms with Crippen LogP contribution in [0.15, 0.2) is 45.3 Å². The van der Waals surface area contributed by atoms with Crippen LogP contribution in [0, 0.1) is 0 Å². The summed E-state index contributed by atoms with van der Waals surface area (Å²) in [6, 6.07) is 11.6. The molecule has 0 saturated heterocycles. The minimum absolute atomic E-state index is 0.0200. The highest BCUT2D eigenvalue weighted by molar-refractivity contribution is 9.11. The summed E-state index contributed by atoms with van der Waals surface area (Å²) >= 11 is 6.94. The molecular weight excluding hydrogens is 398 g/mol. The molecule has 0 saturated carbocycles. The van der Waals surface area contributed by atoms with E-state index in [1.807, 2.05) is 36.4 Å². The number of rotatable bonds is 2. The molecule has 2 aromatic carbocycles. The summed E-state index contributed by atoms with van der Waals surface area (Å²) in [6.07, 6.45) is 0.447. The third kappa shape index (κ3) is 2.85. The van der Waals surface area contributed by atoms with E-state index in [0.29, 0.717) is 6.42 Å². The Morgan fingerprint density at radius 2 is 1.90 bits per heavy atom. The molecule has 1 aliphatic rings. The van der Waals surface area contributed by atoms with E-state index >= 15 is 0 Å². The number of Topliss-reactive ketones (excluding diaryl/α,β-unsaturated/α-hetero) is 1. The van der Waals surface area contributed by atoms with E-state index in [0.717, 1.165) is 31.5 Å². The third-order valence-electron chi connectivity index (χ3n) is 3.58. The van der Waals surface area contributed by atoms with Crippen molar-refractivity contribution in [2.45, 2.75) is 12.5 Å². The third-order valence-corrected chi connectivity index (χ3v) is 4.66. The highest BCUT2D eigenvalue weighted by atomic mass is 79.9. The number of carbonyl (C=O) groups is 1. The number of hydrogen-bond donors (Lipinski definition) is 1. The van der Waals surface area contributed by atoms with Gasteiger partial charge in [0, 0.05) is 20.9 Å². The van der Waals surface area contributed by atoms with Crippen molar-refractivity contribution in [3.05, 3.63) is 56.5 Å². The Bertz CT molecular complexity index is 698. The minimum Gasteiger partial charge on any atom is -0.497 e. The molecule has 0 aromatic heterocycles. The predicted molar refractivity (Wildman–Crippen MR) is 90.1 cm³/mol. The fourth-order valence-corrected chi connectivity index (χ4v) is 3.84. The molecule has 0 bridgehead atoms. The Labute approximate surface area is 140 Å². The maximum absolute atomic E-state index is 12.4. The SMILES string of the molecule is COc1ccc(C2CC(=O)c3cc(Br)cc(Br)c3N2)cc1. The monoisotopic (exact) mass is 409 g/mol. The van der Waals surface area contributed by atoms with E-state index in [-0.39, 0.29) is 11.8 Å². The van der Waals surface area contributed by atoms with Gasteiger partial charge in [-0.2, -0.15) is 0 Å². The zero-order valence-corrected chi connectivity index (χ0v) is 14.5. The standard InChI is InChI=1S/C16H13Br2NO2/c1-21-11-4-2-9(3-5-11)14-8-15(20)12-6-10(17)7-13(18)16(12)19-14/h2-7,14,19H,8H2,1H3. The van der Waals surface area contributed by atoms with Crippen LogP contribution < -0.4 is 10.1 Å². The lowest BCUT2D eigenvalue weighted by molar-refractivity contribution is 0.0972. The second-order valence-corrected chi connectivity index (χ2v) is 6.68. The van der Waals surface area contributed by atoms with E-state index in [4.69, 9.17) is 4.74 Å². The molecule has 3 nitrogen and oxygen atoms in total. The second kappa shape index (κ2) is 5.81. The van der Waals surface area contributed by atoms with Crippen molar-refractivity contribution in [3.63, 3.8) is 0 Å². The zero-order chi connectivity index (χ0) is 15.0. The van der Waals surface area contributed by atoms with Gasteiger partial charge in [0.1, 0.15) is 5.75 Å². The lowest BCUT2D eigenvalue weighted by Crippen LogP contribution is -2.23. The Morgan fingerprint density at radius 1 is 1.19 bits per heavy atom. The number of ether oxygens (including phenoxy) is 1.